The summed E-state index contributed by atoms with van der Waals surface area (Å²) in [5, 5.41) is 0. The van der Waals surface area contributed by atoms with Crippen molar-refractivity contribution in [2.45, 2.75) is 116 Å². The topological polar surface area (TPSA) is 100.0 Å². The summed E-state index contributed by atoms with van der Waals surface area (Å²) in [4.78, 5) is 21.1. The Morgan fingerprint density at radius 1 is 0.931 bits per heavy atom. The van der Waals surface area contributed by atoms with Crippen molar-refractivity contribution in [2.75, 3.05) is 13.2 Å². The van der Waals surface area contributed by atoms with Gasteiger partial charge in [0.2, 0.25) is 0 Å². The van der Waals surface area contributed by atoms with Gasteiger partial charge in [-0.15, -0.1) is 0 Å². The van der Waals surface area contributed by atoms with Crippen LogP contribution in [0.2, 0.25) is 0 Å². The first-order valence-electron chi connectivity index (χ1n) is 11.3. The van der Waals surface area contributed by atoms with E-state index in [4.69, 9.17) is 25.6 Å². The Bertz CT molecular complexity index is 453. The number of carbonyl (C=O) groups is 1. The van der Waals surface area contributed by atoms with Gasteiger partial charge in [-0.05, 0) is 18.2 Å². The zero-order chi connectivity index (χ0) is 20.5. The van der Waals surface area contributed by atoms with Crippen LogP contribution in [0.15, 0.2) is 0 Å². The lowest BCUT2D eigenvalue weighted by atomic mass is 10.0. The Hall–Kier alpha value is -0.0400. The molecule has 0 aromatic heterocycles. The molecule has 1 rings (SSSR count). The Balaban J connectivity index is 0.00000784. The third kappa shape index (κ3) is 17.3. The van der Waals surface area contributed by atoms with Crippen LogP contribution in [-0.4, -0.2) is 30.2 Å². The molecule has 4 N–H and O–H groups in total. The van der Waals surface area contributed by atoms with E-state index in [0.717, 1.165) is 12.8 Å². The van der Waals surface area contributed by atoms with Gasteiger partial charge in [0.1, 0.15) is 12.7 Å². The molecule has 1 heterocycles. The highest BCUT2D eigenvalue weighted by Gasteiger charge is 2.31. The molecule has 1 saturated heterocycles. The van der Waals surface area contributed by atoms with E-state index in [1.807, 2.05) is 0 Å². The first-order valence-corrected chi connectivity index (χ1v) is 13.9. The molecule has 1 aliphatic rings. The molecule has 0 aromatic rings. The highest BCUT2D eigenvalue weighted by Crippen LogP contribution is 2.49. The number of esters is 1. The van der Waals surface area contributed by atoms with Crippen molar-refractivity contribution >= 4 is 24.5 Å². The van der Waals surface area contributed by atoms with Gasteiger partial charge in [-0.3, -0.25) is 9.32 Å². The van der Waals surface area contributed by atoms with Crippen LogP contribution in [0.5, 0.6) is 0 Å². The van der Waals surface area contributed by atoms with Gasteiger partial charge in [0.05, 0.1) is 6.61 Å². The van der Waals surface area contributed by atoms with Crippen LogP contribution < -0.4 is 6.15 Å². The highest BCUT2D eigenvalue weighted by molar-refractivity contribution is 8.07. The molecule has 0 amide bonds. The molecule has 2 unspecified atom stereocenters. The fourth-order valence-corrected chi connectivity index (χ4v) is 4.87. The summed E-state index contributed by atoms with van der Waals surface area (Å²) in [5.41, 5.74) is 0. The molecular weight excluding hydrogens is 409 g/mol. The van der Waals surface area contributed by atoms with Crippen molar-refractivity contribution in [3.63, 3.8) is 0 Å². The Kier molecular flexibility index (Phi) is 18.7. The molecular formula is C21H44NO5PS. The maximum atomic E-state index is 11.7. The van der Waals surface area contributed by atoms with Gasteiger partial charge < -0.3 is 20.3 Å². The van der Waals surface area contributed by atoms with Crippen molar-refractivity contribution in [2.24, 2.45) is 0 Å². The molecule has 2 atom stereocenters. The average molecular weight is 454 g/mol. The van der Waals surface area contributed by atoms with Gasteiger partial charge >= 0.3 is 12.7 Å². The van der Waals surface area contributed by atoms with E-state index in [-0.39, 0.29) is 25.3 Å². The molecule has 0 aromatic carbocycles. The number of rotatable bonds is 18. The van der Waals surface area contributed by atoms with Gasteiger partial charge in [0.25, 0.3) is 0 Å². The monoisotopic (exact) mass is 453 g/mol. The second-order valence-corrected chi connectivity index (χ2v) is 10.7. The third-order valence-electron chi connectivity index (χ3n) is 5.12. The number of carbonyl (C=O) groups excluding carboxylic acids is 1. The Morgan fingerprint density at radius 2 is 1.38 bits per heavy atom. The summed E-state index contributed by atoms with van der Waals surface area (Å²) in [5.74, 6) is -0.212. The molecule has 0 aliphatic carbocycles. The van der Waals surface area contributed by atoms with Gasteiger partial charge in [0, 0.05) is 6.42 Å². The molecule has 0 saturated carbocycles. The minimum atomic E-state index is -3.07. The maximum absolute atomic E-state index is 11.7. The third-order valence-corrected chi connectivity index (χ3v) is 6.73. The van der Waals surface area contributed by atoms with Gasteiger partial charge in [-0.2, -0.15) is 0 Å². The number of ether oxygens (including phenoxy) is 1. The number of hydrogen-bond acceptors (Lipinski definition) is 6. The lowest BCUT2D eigenvalue weighted by molar-refractivity contribution is -0.146. The highest BCUT2D eigenvalue weighted by atomic mass is 32.5. The minimum absolute atomic E-state index is 0. The predicted octanol–water partition coefficient (Wildman–Crippen LogP) is 6.59. The molecule has 1 fully saturated rings. The quantitative estimate of drug-likeness (QED) is 0.137. The second-order valence-electron chi connectivity index (χ2n) is 7.87. The first-order chi connectivity index (χ1) is 13.5. The molecule has 8 heteroatoms. The molecule has 29 heavy (non-hydrogen) atoms. The van der Waals surface area contributed by atoms with Crippen molar-refractivity contribution in [1.29, 1.82) is 0 Å². The predicted molar refractivity (Wildman–Crippen MR) is 123 cm³/mol. The number of unbranched alkanes of at least 4 members (excludes halogenated alkanes) is 14. The van der Waals surface area contributed by atoms with Crippen molar-refractivity contribution in [3.05, 3.63) is 0 Å². The standard InChI is InChI=1S/C21H41O5PS.H3N/c1-2-3-4-5-6-7-8-9-10-11-12-13-14-15-16-17-21(22)24-18-20-19-25-27(23,28)26-20;/h20H,2-19H2,1H3,(H,23,28);1H3. The van der Waals surface area contributed by atoms with E-state index in [0.29, 0.717) is 6.42 Å². The van der Waals surface area contributed by atoms with Crippen LogP contribution >= 0.6 is 6.72 Å². The SMILES string of the molecule is CCCCCCCCCCCCCCCCCC(=O)OCC1COP(O)(=S)O1.N. The first kappa shape index (κ1) is 29.0. The van der Waals surface area contributed by atoms with Gasteiger partial charge in [-0.25, -0.2) is 0 Å². The molecule has 0 radical (unpaired) electrons. The summed E-state index contributed by atoms with van der Waals surface area (Å²) < 4.78 is 15.2. The summed E-state index contributed by atoms with van der Waals surface area (Å²) in [6.45, 7) is -0.502. The summed E-state index contributed by atoms with van der Waals surface area (Å²) >= 11 is 4.72. The average Bonchev–Trinajstić information content (AvgIpc) is 3.02. The fraction of sp³-hybridized carbons (Fsp3) is 0.952. The summed E-state index contributed by atoms with van der Waals surface area (Å²) in [6.07, 6.45) is 19.6. The van der Waals surface area contributed by atoms with Crippen molar-refractivity contribution in [3.8, 4) is 0 Å². The lowest BCUT2D eigenvalue weighted by Gasteiger charge is -2.09. The van der Waals surface area contributed by atoms with E-state index in [1.165, 1.54) is 83.5 Å². The fourth-order valence-electron chi connectivity index (χ4n) is 3.40. The van der Waals surface area contributed by atoms with E-state index >= 15 is 0 Å². The van der Waals surface area contributed by atoms with E-state index in [2.05, 4.69) is 6.92 Å². The Morgan fingerprint density at radius 3 is 1.79 bits per heavy atom. The lowest BCUT2D eigenvalue weighted by Crippen LogP contribution is -2.20. The van der Waals surface area contributed by atoms with Crippen LogP contribution in [0.3, 0.4) is 0 Å². The normalized spacial score (nSPS) is 21.1. The summed E-state index contributed by atoms with van der Waals surface area (Å²) in [7, 11) is 0. The molecule has 1 aliphatic heterocycles. The van der Waals surface area contributed by atoms with E-state index < -0.39 is 12.8 Å². The molecule has 0 bridgehead atoms. The second kappa shape index (κ2) is 18.7. The van der Waals surface area contributed by atoms with Crippen LogP contribution in [0, 0.1) is 0 Å². The molecule has 174 valence electrons. The molecule has 6 nitrogen and oxygen atoms in total. The van der Waals surface area contributed by atoms with Crippen LogP contribution in [-0.2, 0) is 30.4 Å². The van der Waals surface area contributed by atoms with Crippen LogP contribution in [0.25, 0.3) is 0 Å². The van der Waals surface area contributed by atoms with Crippen LogP contribution in [0.1, 0.15) is 110 Å². The maximum Gasteiger partial charge on any atom is 0.325 e. The number of hydrogen-bond donors (Lipinski definition) is 2. The van der Waals surface area contributed by atoms with E-state index in [1.54, 1.807) is 0 Å². The smallest absolute Gasteiger partial charge is 0.325 e. The minimum Gasteiger partial charge on any atom is -0.463 e. The van der Waals surface area contributed by atoms with Gasteiger partial charge in [-0.1, -0.05) is 96.8 Å². The van der Waals surface area contributed by atoms with Gasteiger partial charge in [0.15, 0.2) is 0 Å². The Labute approximate surface area is 183 Å². The zero-order valence-corrected chi connectivity index (χ0v) is 20.2. The largest absolute Gasteiger partial charge is 0.463 e. The molecule has 0 spiro atoms. The van der Waals surface area contributed by atoms with E-state index in [9.17, 15) is 9.69 Å². The summed E-state index contributed by atoms with van der Waals surface area (Å²) in [6, 6.07) is 0. The van der Waals surface area contributed by atoms with Crippen LogP contribution in [0.4, 0.5) is 0 Å². The zero-order valence-electron chi connectivity index (χ0n) is 18.4. The van der Waals surface area contributed by atoms with Crippen molar-refractivity contribution < 1.29 is 23.5 Å². The van der Waals surface area contributed by atoms with Crippen molar-refractivity contribution in [1.82, 2.24) is 6.15 Å².